The molecule has 9 nitrogen and oxygen atoms in total. The quantitative estimate of drug-likeness (QED) is 0.338. The third-order valence-corrected chi connectivity index (χ3v) is 7.22. The lowest BCUT2D eigenvalue weighted by Crippen LogP contribution is -2.18. The van der Waals surface area contributed by atoms with Gasteiger partial charge in [0.05, 0.1) is 23.6 Å². The van der Waals surface area contributed by atoms with Gasteiger partial charge in [-0.05, 0) is 42.7 Å². The summed E-state index contributed by atoms with van der Waals surface area (Å²) in [5, 5.41) is 5.85. The minimum absolute atomic E-state index is 0.0164. The van der Waals surface area contributed by atoms with Gasteiger partial charge in [-0.15, -0.1) is 0 Å². The number of halogens is 3. The van der Waals surface area contributed by atoms with E-state index in [1.165, 1.54) is 22.8 Å². The maximum Gasteiger partial charge on any atom is 0.416 e. The van der Waals surface area contributed by atoms with Crippen LogP contribution in [0.3, 0.4) is 0 Å². The van der Waals surface area contributed by atoms with Gasteiger partial charge < -0.3 is 14.1 Å². The van der Waals surface area contributed by atoms with Crippen molar-refractivity contribution in [3.63, 3.8) is 0 Å². The molecule has 0 saturated carbocycles. The van der Waals surface area contributed by atoms with Crippen LogP contribution >= 0.6 is 0 Å². The predicted molar refractivity (Wildman–Crippen MR) is 137 cm³/mol. The van der Waals surface area contributed by atoms with Crippen LogP contribution in [0.15, 0.2) is 53.6 Å². The molecule has 198 valence electrons. The summed E-state index contributed by atoms with van der Waals surface area (Å²) in [5.41, 5.74) is 1.57. The number of H-pyrrole nitrogens is 1. The maximum atomic E-state index is 13.7. The summed E-state index contributed by atoms with van der Waals surface area (Å²) in [7, 11) is -2.22. The molecule has 4 aromatic heterocycles. The molecule has 0 aliphatic rings. The molecule has 0 aliphatic heterocycles. The average molecular weight is 545 g/mol. The molecule has 0 bridgehead atoms. The van der Waals surface area contributed by atoms with Crippen molar-refractivity contribution in [1.82, 2.24) is 24.1 Å². The van der Waals surface area contributed by atoms with Crippen LogP contribution in [0.4, 0.5) is 13.2 Å². The summed E-state index contributed by atoms with van der Waals surface area (Å²) < 4.78 is 67.6. The standard InChI is InChI=1S/C25H23F3N6O3S/c1-14-31-21-15(8-10-38(29,36)37)11-20(18-13-33(2)24(35)22-17(18)7-9-30-22)32-23(21)34(14)12-16-5-3-4-6-19(16)25(26,27)28/h3-7,9,11,13,30H,8,10,12H2,1-2H3,(H2,29,36,37). The zero-order chi connectivity index (χ0) is 27.4. The third-order valence-electron chi connectivity index (χ3n) is 6.45. The van der Waals surface area contributed by atoms with E-state index in [0.717, 1.165) is 6.07 Å². The smallest absolute Gasteiger partial charge is 0.357 e. The molecule has 0 radical (unpaired) electrons. The van der Waals surface area contributed by atoms with E-state index in [0.29, 0.717) is 44.7 Å². The van der Waals surface area contributed by atoms with E-state index < -0.39 is 21.8 Å². The number of benzene rings is 1. The molecule has 0 spiro atoms. The normalized spacial score (nSPS) is 12.6. The Morgan fingerprint density at radius 3 is 2.55 bits per heavy atom. The van der Waals surface area contributed by atoms with Crippen LogP contribution in [0.2, 0.25) is 0 Å². The Balaban J connectivity index is 1.76. The summed E-state index contributed by atoms with van der Waals surface area (Å²) in [6.45, 7) is 1.49. The Morgan fingerprint density at radius 1 is 1.11 bits per heavy atom. The molecule has 0 saturated heterocycles. The van der Waals surface area contributed by atoms with Gasteiger partial charge in [0.1, 0.15) is 16.9 Å². The predicted octanol–water partition coefficient (Wildman–Crippen LogP) is 3.48. The van der Waals surface area contributed by atoms with Crippen LogP contribution in [-0.4, -0.2) is 38.3 Å². The highest BCUT2D eigenvalue weighted by Crippen LogP contribution is 2.34. The fraction of sp³-hybridized carbons (Fsp3) is 0.240. The highest BCUT2D eigenvalue weighted by molar-refractivity contribution is 7.89. The van der Waals surface area contributed by atoms with Crippen LogP contribution in [0.5, 0.6) is 0 Å². The number of nitrogens with two attached hydrogens (primary N) is 1. The molecule has 0 aliphatic carbocycles. The number of imidazole rings is 1. The summed E-state index contributed by atoms with van der Waals surface area (Å²) in [4.78, 5) is 24.8. The lowest BCUT2D eigenvalue weighted by Gasteiger charge is -2.15. The van der Waals surface area contributed by atoms with Crippen molar-refractivity contribution >= 4 is 32.1 Å². The van der Waals surface area contributed by atoms with E-state index in [1.807, 2.05) is 0 Å². The van der Waals surface area contributed by atoms with Crippen molar-refractivity contribution in [2.75, 3.05) is 5.75 Å². The number of fused-ring (bicyclic) bond motifs is 2. The number of nitrogens with zero attached hydrogens (tertiary/aromatic N) is 4. The topological polar surface area (TPSA) is 129 Å². The van der Waals surface area contributed by atoms with Gasteiger partial charge in [0.2, 0.25) is 10.0 Å². The molecule has 5 aromatic rings. The molecular formula is C25H23F3N6O3S. The number of rotatable bonds is 6. The second-order valence-corrected chi connectivity index (χ2v) is 10.8. The Morgan fingerprint density at radius 2 is 1.84 bits per heavy atom. The first-order valence-corrected chi connectivity index (χ1v) is 13.2. The average Bonchev–Trinajstić information content (AvgIpc) is 3.44. The molecule has 13 heteroatoms. The van der Waals surface area contributed by atoms with E-state index in [-0.39, 0.29) is 29.8 Å². The second-order valence-electron chi connectivity index (χ2n) is 9.08. The summed E-state index contributed by atoms with van der Waals surface area (Å²) in [6, 6.07) is 8.69. The Hall–Kier alpha value is -3.97. The summed E-state index contributed by atoms with van der Waals surface area (Å²) in [5.74, 6) is 0.0482. The number of hydrogen-bond donors (Lipinski definition) is 2. The largest absolute Gasteiger partial charge is 0.416 e. The highest BCUT2D eigenvalue weighted by atomic mass is 32.2. The molecule has 1 aromatic carbocycles. The fourth-order valence-electron chi connectivity index (χ4n) is 4.61. The lowest BCUT2D eigenvalue weighted by atomic mass is 10.0. The SMILES string of the molecule is Cc1nc2c(CCS(N)(=O)=O)cc(-c3cn(C)c(=O)c4[nH]ccc34)nc2n1Cc1ccccc1C(F)(F)F. The number of nitrogens with one attached hydrogen (secondary N) is 1. The number of hydrogen-bond acceptors (Lipinski definition) is 5. The number of aryl methyl sites for hydroxylation is 3. The molecule has 0 amide bonds. The zero-order valence-corrected chi connectivity index (χ0v) is 21.2. The van der Waals surface area contributed by atoms with Crippen LogP contribution < -0.4 is 10.7 Å². The first-order chi connectivity index (χ1) is 17.8. The van der Waals surface area contributed by atoms with Crippen LogP contribution in [-0.2, 0) is 36.2 Å². The van der Waals surface area contributed by atoms with Crippen molar-refractivity contribution < 1.29 is 21.6 Å². The highest BCUT2D eigenvalue weighted by Gasteiger charge is 2.33. The van der Waals surface area contributed by atoms with Crippen LogP contribution in [0, 0.1) is 6.92 Å². The summed E-state index contributed by atoms with van der Waals surface area (Å²) in [6.07, 6.45) is -1.29. The van der Waals surface area contributed by atoms with Crippen molar-refractivity contribution in [1.29, 1.82) is 0 Å². The molecule has 0 unspecified atom stereocenters. The van der Waals surface area contributed by atoms with E-state index in [9.17, 15) is 26.4 Å². The zero-order valence-electron chi connectivity index (χ0n) is 20.4. The number of pyridine rings is 2. The van der Waals surface area contributed by atoms with Gasteiger partial charge in [0.15, 0.2) is 5.65 Å². The Bertz CT molecular complexity index is 1870. The van der Waals surface area contributed by atoms with Gasteiger partial charge in [0, 0.05) is 30.4 Å². The third kappa shape index (κ3) is 4.70. The minimum atomic E-state index is -4.55. The maximum absolute atomic E-state index is 13.7. The van der Waals surface area contributed by atoms with Gasteiger partial charge >= 0.3 is 6.18 Å². The first kappa shape index (κ1) is 25.7. The molecule has 5 rings (SSSR count). The second kappa shape index (κ2) is 9.10. The van der Waals surface area contributed by atoms with E-state index >= 15 is 0 Å². The van der Waals surface area contributed by atoms with Gasteiger partial charge in [0.25, 0.3) is 5.56 Å². The Labute approximate surface area is 214 Å². The number of primary sulfonamides is 1. The Kier molecular flexibility index (Phi) is 6.15. The lowest BCUT2D eigenvalue weighted by molar-refractivity contribution is -0.138. The van der Waals surface area contributed by atoms with Crippen LogP contribution in [0.1, 0.15) is 22.5 Å². The number of aromatic amines is 1. The van der Waals surface area contributed by atoms with Gasteiger partial charge in [-0.1, -0.05) is 18.2 Å². The molecule has 0 fully saturated rings. The van der Waals surface area contributed by atoms with Crippen molar-refractivity contribution in [2.24, 2.45) is 12.2 Å². The molecule has 3 N–H and O–H groups in total. The number of alkyl halides is 3. The minimum Gasteiger partial charge on any atom is -0.357 e. The van der Waals surface area contributed by atoms with Gasteiger partial charge in [-0.25, -0.2) is 23.5 Å². The number of aromatic nitrogens is 5. The van der Waals surface area contributed by atoms with Gasteiger partial charge in [-0.2, -0.15) is 13.2 Å². The molecular weight excluding hydrogens is 521 g/mol. The first-order valence-electron chi connectivity index (χ1n) is 11.5. The molecule has 4 heterocycles. The van der Waals surface area contributed by atoms with Gasteiger partial charge in [-0.3, -0.25) is 4.79 Å². The molecule has 38 heavy (non-hydrogen) atoms. The molecule has 0 atom stereocenters. The fourth-order valence-corrected chi connectivity index (χ4v) is 5.11. The van der Waals surface area contributed by atoms with E-state index in [4.69, 9.17) is 10.1 Å². The van der Waals surface area contributed by atoms with Crippen molar-refractivity contribution in [2.45, 2.75) is 26.1 Å². The van der Waals surface area contributed by atoms with Crippen molar-refractivity contribution in [3.05, 3.63) is 81.7 Å². The van der Waals surface area contributed by atoms with E-state index in [2.05, 4.69) is 9.97 Å². The van der Waals surface area contributed by atoms with E-state index in [1.54, 1.807) is 43.1 Å². The summed E-state index contributed by atoms with van der Waals surface area (Å²) >= 11 is 0. The van der Waals surface area contributed by atoms with Crippen LogP contribution in [0.25, 0.3) is 33.3 Å². The number of sulfonamides is 1. The monoisotopic (exact) mass is 544 g/mol. The van der Waals surface area contributed by atoms with Crippen molar-refractivity contribution in [3.8, 4) is 11.3 Å².